The number of nitrogens with zero attached hydrogens (tertiary/aromatic N) is 2. The molecule has 0 radical (unpaired) electrons. The van der Waals surface area contributed by atoms with Crippen LogP contribution in [0, 0.1) is 46.3 Å². The van der Waals surface area contributed by atoms with E-state index >= 15 is 0 Å². The first-order valence-electron chi connectivity index (χ1n) is 6.94. The molecule has 0 spiro atoms. The van der Waals surface area contributed by atoms with Gasteiger partial charge in [0.25, 0.3) is 0 Å². The Labute approximate surface area is 119 Å². The van der Waals surface area contributed by atoms with Gasteiger partial charge in [-0.2, -0.15) is 10.5 Å². The number of fused-ring (bicyclic) bond motifs is 1. The molecule has 4 atom stereocenters. The maximum Gasteiger partial charge on any atom is 0.133 e. The number of allylic oxidation sites excluding steroid dienone is 10. The zero-order valence-electron chi connectivity index (χ0n) is 11.7. The summed E-state index contributed by atoms with van der Waals surface area (Å²) in [5.74, 6) is 1.35. The molecule has 98 valence electrons. The van der Waals surface area contributed by atoms with Crippen LogP contribution >= 0.6 is 0 Å². The lowest BCUT2D eigenvalue weighted by molar-refractivity contribution is 0.356. The molecule has 2 heteroatoms. The molecule has 20 heavy (non-hydrogen) atoms. The summed E-state index contributed by atoms with van der Waals surface area (Å²) in [5.41, 5.74) is 3.89. The van der Waals surface area contributed by atoms with Crippen molar-refractivity contribution in [3.63, 3.8) is 0 Å². The van der Waals surface area contributed by atoms with Crippen molar-refractivity contribution in [1.82, 2.24) is 0 Å². The maximum absolute atomic E-state index is 9.16. The molecule has 4 aliphatic rings. The van der Waals surface area contributed by atoms with Crippen LogP contribution in [0.4, 0.5) is 0 Å². The predicted molar refractivity (Wildman–Crippen MR) is 78.0 cm³/mol. The largest absolute Gasteiger partial charge is 0.192 e. The molecule has 4 aliphatic carbocycles. The third-order valence-corrected chi connectivity index (χ3v) is 4.59. The van der Waals surface area contributed by atoms with Gasteiger partial charge in [0.1, 0.15) is 17.7 Å². The molecular formula is C18H16N2. The Morgan fingerprint density at radius 1 is 0.950 bits per heavy atom. The van der Waals surface area contributed by atoms with Crippen LogP contribution in [0.1, 0.15) is 13.8 Å². The van der Waals surface area contributed by atoms with E-state index in [0.29, 0.717) is 17.8 Å². The highest BCUT2D eigenvalue weighted by molar-refractivity contribution is 5.52. The first-order chi connectivity index (χ1) is 9.67. The van der Waals surface area contributed by atoms with E-state index in [9.17, 15) is 0 Å². The van der Waals surface area contributed by atoms with Crippen LogP contribution in [-0.4, -0.2) is 0 Å². The quantitative estimate of drug-likeness (QED) is 0.490. The van der Waals surface area contributed by atoms with Crippen molar-refractivity contribution in [2.45, 2.75) is 13.8 Å². The van der Waals surface area contributed by atoms with Gasteiger partial charge in [0.15, 0.2) is 0 Å². The molecule has 0 aromatic heterocycles. The van der Waals surface area contributed by atoms with Gasteiger partial charge in [-0.15, -0.1) is 0 Å². The number of rotatable bonds is 0. The van der Waals surface area contributed by atoms with E-state index in [2.05, 4.69) is 44.2 Å². The van der Waals surface area contributed by atoms with E-state index in [-0.39, 0.29) is 11.5 Å². The second kappa shape index (κ2) is 4.66. The van der Waals surface area contributed by atoms with E-state index in [1.165, 1.54) is 11.1 Å². The third kappa shape index (κ3) is 1.69. The molecule has 2 nitrogen and oxygen atoms in total. The minimum Gasteiger partial charge on any atom is -0.192 e. The van der Waals surface area contributed by atoms with Gasteiger partial charge < -0.3 is 0 Å². The fourth-order valence-corrected chi connectivity index (χ4v) is 3.68. The van der Waals surface area contributed by atoms with Crippen molar-refractivity contribution in [2.24, 2.45) is 23.7 Å². The molecule has 0 N–H and O–H groups in total. The monoisotopic (exact) mass is 260 g/mol. The van der Waals surface area contributed by atoms with Crippen LogP contribution < -0.4 is 0 Å². The Bertz CT molecular complexity index is 666. The van der Waals surface area contributed by atoms with Gasteiger partial charge >= 0.3 is 0 Å². The summed E-state index contributed by atoms with van der Waals surface area (Å²) in [7, 11) is 0. The first-order valence-corrected chi connectivity index (χ1v) is 6.94. The fourth-order valence-electron chi connectivity index (χ4n) is 3.68. The summed E-state index contributed by atoms with van der Waals surface area (Å²) < 4.78 is 0. The second-order valence-corrected chi connectivity index (χ2v) is 5.82. The van der Waals surface area contributed by atoms with Crippen LogP contribution in [0.25, 0.3) is 0 Å². The van der Waals surface area contributed by atoms with Crippen molar-refractivity contribution in [3.8, 4) is 12.1 Å². The van der Waals surface area contributed by atoms with E-state index < -0.39 is 0 Å². The van der Waals surface area contributed by atoms with Gasteiger partial charge in [0.05, 0.1) is 0 Å². The second-order valence-electron chi connectivity index (χ2n) is 5.82. The van der Waals surface area contributed by atoms with Gasteiger partial charge in [-0.1, -0.05) is 42.0 Å². The van der Waals surface area contributed by atoms with Crippen molar-refractivity contribution < 1.29 is 0 Å². The van der Waals surface area contributed by atoms with Crippen molar-refractivity contribution >= 4 is 0 Å². The standard InChI is InChI=1S/C18H16N2/c1-11(2)14-7-8-17-16-6-4-12(18(14)17)3-5-15(16)13(9-19)10-20/h3-8,12,16-18H,1-2H3/t12-,16-,17-,18-/m0/s1. The molecule has 0 amide bonds. The molecule has 0 heterocycles. The summed E-state index contributed by atoms with van der Waals surface area (Å²) in [6, 6.07) is 4.09. The minimum atomic E-state index is 0.150. The molecule has 0 saturated heterocycles. The van der Waals surface area contributed by atoms with E-state index in [4.69, 9.17) is 10.5 Å². The zero-order chi connectivity index (χ0) is 14.3. The molecule has 0 fully saturated rings. The molecule has 0 unspecified atom stereocenters. The zero-order valence-corrected chi connectivity index (χ0v) is 11.7. The van der Waals surface area contributed by atoms with Gasteiger partial charge in [0, 0.05) is 17.8 Å². The van der Waals surface area contributed by atoms with Crippen molar-refractivity contribution in [2.75, 3.05) is 0 Å². The van der Waals surface area contributed by atoms with Crippen molar-refractivity contribution in [3.05, 3.63) is 58.7 Å². The van der Waals surface area contributed by atoms with Crippen LogP contribution in [0.15, 0.2) is 58.7 Å². The van der Waals surface area contributed by atoms with Gasteiger partial charge in [0.2, 0.25) is 0 Å². The highest BCUT2D eigenvalue weighted by atomic mass is 14.5. The van der Waals surface area contributed by atoms with E-state index in [1.54, 1.807) is 0 Å². The summed E-state index contributed by atoms with van der Waals surface area (Å²) >= 11 is 0. The lowest BCUT2D eigenvalue weighted by Gasteiger charge is -2.33. The molecule has 0 saturated carbocycles. The smallest absolute Gasteiger partial charge is 0.133 e. The highest BCUT2D eigenvalue weighted by Crippen LogP contribution is 2.50. The Kier molecular flexibility index (Phi) is 2.96. The van der Waals surface area contributed by atoms with Gasteiger partial charge in [-0.25, -0.2) is 0 Å². The Balaban J connectivity index is 2.15. The molecule has 0 aliphatic heterocycles. The summed E-state index contributed by atoms with van der Waals surface area (Å²) in [4.78, 5) is 0. The lowest BCUT2D eigenvalue weighted by atomic mass is 9.70. The van der Waals surface area contributed by atoms with E-state index in [0.717, 1.165) is 5.57 Å². The Morgan fingerprint density at radius 3 is 2.30 bits per heavy atom. The normalized spacial score (nSPS) is 32.6. The SMILES string of the molecule is CC(C)=C1C=C[C@@H]2[C@H]1[C@H]1C=CC(=C(C#N)C#N)[C@@H]2C=C1. The molecule has 4 rings (SSSR count). The third-order valence-electron chi connectivity index (χ3n) is 4.59. The molecular weight excluding hydrogens is 244 g/mol. The Morgan fingerprint density at radius 2 is 1.65 bits per heavy atom. The topological polar surface area (TPSA) is 47.6 Å². The molecule has 2 bridgehead atoms. The summed E-state index contributed by atoms with van der Waals surface area (Å²) in [6.07, 6.45) is 13.0. The number of hydrogen-bond acceptors (Lipinski definition) is 2. The minimum absolute atomic E-state index is 0.150. The van der Waals surface area contributed by atoms with Crippen LogP contribution in [0.5, 0.6) is 0 Å². The van der Waals surface area contributed by atoms with Crippen LogP contribution in [0.3, 0.4) is 0 Å². The van der Waals surface area contributed by atoms with E-state index in [1.807, 2.05) is 18.2 Å². The first kappa shape index (κ1) is 12.7. The van der Waals surface area contributed by atoms with Gasteiger partial charge in [-0.3, -0.25) is 0 Å². The summed E-state index contributed by atoms with van der Waals surface area (Å²) in [5, 5.41) is 18.3. The molecule has 0 aromatic carbocycles. The fraction of sp³-hybridized carbons (Fsp3) is 0.333. The summed E-state index contributed by atoms with van der Waals surface area (Å²) in [6.45, 7) is 4.31. The highest BCUT2D eigenvalue weighted by Gasteiger charge is 2.42. The van der Waals surface area contributed by atoms with Crippen LogP contribution in [-0.2, 0) is 0 Å². The predicted octanol–water partition coefficient (Wildman–Crippen LogP) is 3.84. The van der Waals surface area contributed by atoms with Gasteiger partial charge in [-0.05, 0) is 30.9 Å². The average molecular weight is 260 g/mol. The van der Waals surface area contributed by atoms with Crippen molar-refractivity contribution in [1.29, 1.82) is 10.5 Å². The number of nitriles is 2. The molecule has 0 aromatic rings. The number of hydrogen-bond donors (Lipinski definition) is 0. The Hall–Kier alpha value is -2.32. The lowest BCUT2D eigenvalue weighted by Crippen LogP contribution is -2.27. The van der Waals surface area contributed by atoms with Crippen LogP contribution in [0.2, 0.25) is 0 Å². The maximum atomic E-state index is 9.16. The average Bonchev–Trinajstić information content (AvgIpc) is 2.73.